The first-order chi connectivity index (χ1) is 13.1. The minimum atomic E-state index is -0.374. The second-order valence-corrected chi connectivity index (χ2v) is 6.05. The predicted molar refractivity (Wildman–Crippen MR) is 109 cm³/mol. The lowest BCUT2D eigenvalue weighted by Crippen LogP contribution is -2.28. The topological polar surface area (TPSA) is 58.2 Å². The molecule has 0 fully saturated rings. The van der Waals surface area contributed by atoms with E-state index in [-0.39, 0.29) is 17.5 Å². The number of rotatable bonds is 5. The van der Waals surface area contributed by atoms with Crippen molar-refractivity contribution >= 4 is 23.6 Å². The van der Waals surface area contributed by atoms with Crippen LogP contribution in [0.3, 0.4) is 0 Å². The number of hydrogen-bond acceptors (Lipinski definition) is 2. The standard InChI is InChI=1S/C23H20N2O2/c1-17(26)24-22(16-18-8-4-2-5-9-18)23(27)25-21-14-12-20(13-15-21)19-10-6-3-7-11-19/h2-16H,1H3,(H,24,26)(H,25,27). The zero-order chi connectivity index (χ0) is 19.1. The molecule has 0 aliphatic carbocycles. The molecule has 0 aromatic heterocycles. The van der Waals surface area contributed by atoms with E-state index in [9.17, 15) is 9.59 Å². The molecule has 0 aliphatic rings. The average molecular weight is 356 g/mol. The van der Waals surface area contributed by atoms with Crippen LogP contribution in [-0.4, -0.2) is 11.8 Å². The van der Waals surface area contributed by atoms with Crippen molar-refractivity contribution in [3.8, 4) is 11.1 Å². The van der Waals surface area contributed by atoms with E-state index < -0.39 is 0 Å². The van der Waals surface area contributed by atoms with Crippen molar-refractivity contribution in [1.29, 1.82) is 0 Å². The molecule has 0 radical (unpaired) electrons. The molecule has 0 unspecified atom stereocenters. The van der Waals surface area contributed by atoms with Crippen molar-refractivity contribution in [2.45, 2.75) is 6.92 Å². The number of anilines is 1. The van der Waals surface area contributed by atoms with Crippen LogP contribution in [0.5, 0.6) is 0 Å². The van der Waals surface area contributed by atoms with Gasteiger partial charge in [0.1, 0.15) is 5.70 Å². The van der Waals surface area contributed by atoms with Gasteiger partial charge in [0.2, 0.25) is 5.91 Å². The van der Waals surface area contributed by atoms with E-state index in [1.165, 1.54) is 6.92 Å². The Morgan fingerprint density at radius 2 is 1.30 bits per heavy atom. The Balaban J connectivity index is 1.77. The maximum Gasteiger partial charge on any atom is 0.272 e. The van der Waals surface area contributed by atoms with Crippen molar-refractivity contribution in [3.63, 3.8) is 0 Å². The Labute approximate surface area is 158 Å². The first-order valence-electron chi connectivity index (χ1n) is 8.63. The van der Waals surface area contributed by atoms with E-state index in [0.29, 0.717) is 5.69 Å². The third-order valence-electron chi connectivity index (χ3n) is 3.92. The second kappa shape index (κ2) is 8.63. The van der Waals surface area contributed by atoms with Gasteiger partial charge >= 0.3 is 0 Å². The average Bonchev–Trinajstić information content (AvgIpc) is 2.69. The predicted octanol–water partition coefficient (Wildman–Crippen LogP) is 4.47. The van der Waals surface area contributed by atoms with E-state index >= 15 is 0 Å². The fraction of sp³-hybridized carbons (Fsp3) is 0.0435. The molecule has 2 N–H and O–H groups in total. The number of carbonyl (C=O) groups excluding carboxylic acids is 2. The number of amides is 2. The van der Waals surface area contributed by atoms with Crippen LogP contribution in [0.4, 0.5) is 5.69 Å². The SMILES string of the molecule is CC(=O)NC(=Cc1ccccc1)C(=O)Nc1ccc(-c2ccccc2)cc1. The Hall–Kier alpha value is -3.66. The van der Waals surface area contributed by atoms with Gasteiger partial charge in [0.25, 0.3) is 5.91 Å². The summed E-state index contributed by atoms with van der Waals surface area (Å²) in [7, 11) is 0. The fourth-order valence-electron chi connectivity index (χ4n) is 2.64. The second-order valence-electron chi connectivity index (χ2n) is 6.05. The summed E-state index contributed by atoms with van der Waals surface area (Å²) in [6, 6.07) is 27.0. The lowest BCUT2D eigenvalue weighted by Gasteiger charge is -2.10. The Bertz CT molecular complexity index is 947. The highest BCUT2D eigenvalue weighted by Crippen LogP contribution is 2.21. The highest BCUT2D eigenvalue weighted by molar-refractivity contribution is 6.08. The molecule has 3 aromatic rings. The van der Waals surface area contributed by atoms with Crippen molar-refractivity contribution in [3.05, 3.63) is 96.2 Å². The van der Waals surface area contributed by atoms with Gasteiger partial charge < -0.3 is 10.6 Å². The minimum Gasteiger partial charge on any atom is -0.322 e. The Kier molecular flexibility index (Phi) is 5.80. The number of benzene rings is 3. The smallest absolute Gasteiger partial charge is 0.272 e. The summed E-state index contributed by atoms with van der Waals surface area (Å²) in [5, 5.41) is 5.42. The summed E-state index contributed by atoms with van der Waals surface area (Å²) in [5.41, 5.74) is 3.86. The van der Waals surface area contributed by atoms with Crippen LogP contribution in [0.25, 0.3) is 17.2 Å². The highest BCUT2D eigenvalue weighted by Gasteiger charge is 2.11. The molecule has 0 atom stereocenters. The minimum absolute atomic E-state index is 0.195. The van der Waals surface area contributed by atoms with Gasteiger partial charge in [-0.25, -0.2) is 0 Å². The molecular formula is C23H20N2O2. The Morgan fingerprint density at radius 3 is 1.89 bits per heavy atom. The molecule has 134 valence electrons. The Morgan fingerprint density at radius 1 is 0.741 bits per heavy atom. The van der Waals surface area contributed by atoms with Gasteiger partial charge in [-0.1, -0.05) is 72.8 Å². The van der Waals surface area contributed by atoms with Crippen LogP contribution in [-0.2, 0) is 9.59 Å². The van der Waals surface area contributed by atoms with Gasteiger partial charge in [0, 0.05) is 12.6 Å². The zero-order valence-corrected chi connectivity index (χ0v) is 15.0. The summed E-state index contributed by atoms with van der Waals surface area (Å²) in [5.74, 6) is -0.673. The van der Waals surface area contributed by atoms with Crippen LogP contribution in [0.2, 0.25) is 0 Å². The maximum absolute atomic E-state index is 12.6. The van der Waals surface area contributed by atoms with Gasteiger partial charge in [-0.05, 0) is 34.9 Å². The maximum atomic E-state index is 12.6. The number of carbonyl (C=O) groups is 2. The molecule has 0 spiro atoms. The molecule has 0 saturated carbocycles. The van der Waals surface area contributed by atoms with Crippen molar-refractivity contribution in [1.82, 2.24) is 5.32 Å². The van der Waals surface area contributed by atoms with Crippen molar-refractivity contribution in [2.24, 2.45) is 0 Å². The monoisotopic (exact) mass is 356 g/mol. The molecule has 0 aliphatic heterocycles. The van der Waals surface area contributed by atoms with Gasteiger partial charge in [-0.2, -0.15) is 0 Å². The van der Waals surface area contributed by atoms with Gasteiger partial charge in [0.05, 0.1) is 0 Å². The van der Waals surface area contributed by atoms with Gasteiger partial charge in [0.15, 0.2) is 0 Å². The molecular weight excluding hydrogens is 336 g/mol. The van der Waals surface area contributed by atoms with Crippen LogP contribution >= 0.6 is 0 Å². The molecule has 2 amide bonds. The number of nitrogens with one attached hydrogen (secondary N) is 2. The lowest BCUT2D eigenvalue weighted by atomic mass is 10.1. The molecule has 27 heavy (non-hydrogen) atoms. The van der Waals surface area contributed by atoms with E-state index in [1.54, 1.807) is 6.08 Å². The summed E-state index contributed by atoms with van der Waals surface area (Å²) in [6.07, 6.45) is 1.65. The molecule has 0 saturated heterocycles. The lowest BCUT2D eigenvalue weighted by molar-refractivity contribution is -0.120. The van der Waals surface area contributed by atoms with Crippen molar-refractivity contribution < 1.29 is 9.59 Å². The molecule has 3 rings (SSSR count). The summed E-state index contributed by atoms with van der Waals surface area (Å²) < 4.78 is 0. The fourth-order valence-corrected chi connectivity index (χ4v) is 2.64. The largest absolute Gasteiger partial charge is 0.322 e. The normalized spacial score (nSPS) is 10.9. The first-order valence-corrected chi connectivity index (χ1v) is 8.63. The van der Waals surface area contributed by atoms with Crippen molar-refractivity contribution in [2.75, 3.05) is 5.32 Å². The van der Waals surface area contributed by atoms with Gasteiger partial charge in [-0.15, -0.1) is 0 Å². The van der Waals surface area contributed by atoms with Crippen LogP contribution in [0.1, 0.15) is 12.5 Å². The summed E-state index contributed by atoms with van der Waals surface area (Å²) in [6.45, 7) is 1.38. The first kappa shape index (κ1) is 18.1. The van der Waals surface area contributed by atoms with Crippen LogP contribution < -0.4 is 10.6 Å². The molecule has 3 aromatic carbocycles. The van der Waals surface area contributed by atoms with E-state index in [1.807, 2.05) is 84.9 Å². The highest BCUT2D eigenvalue weighted by atomic mass is 16.2. The zero-order valence-electron chi connectivity index (χ0n) is 15.0. The third kappa shape index (κ3) is 5.16. The van der Waals surface area contributed by atoms with Crippen LogP contribution in [0, 0.1) is 0 Å². The molecule has 0 bridgehead atoms. The number of hydrogen-bond donors (Lipinski definition) is 2. The molecule has 0 heterocycles. The van der Waals surface area contributed by atoms with E-state index in [0.717, 1.165) is 16.7 Å². The van der Waals surface area contributed by atoms with E-state index in [4.69, 9.17) is 0 Å². The van der Waals surface area contributed by atoms with Gasteiger partial charge in [-0.3, -0.25) is 9.59 Å². The van der Waals surface area contributed by atoms with E-state index in [2.05, 4.69) is 10.6 Å². The van der Waals surface area contributed by atoms with Crippen LogP contribution in [0.15, 0.2) is 90.6 Å². The summed E-state index contributed by atoms with van der Waals surface area (Å²) in [4.78, 5) is 24.1. The summed E-state index contributed by atoms with van der Waals surface area (Å²) >= 11 is 0. The molecule has 4 heteroatoms. The quantitative estimate of drug-likeness (QED) is 0.663. The third-order valence-corrected chi connectivity index (χ3v) is 3.92. The molecule has 4 nitrogen and oxygen atoms in total.